The lowest BCUT2D eigenvalue weighted by molar-refractivity contribution is -0.145. The predicted octanol–water partition coefficient (Wildman–Crippen LogP) is 5.37. The summed E-state index contributed by atoms with van der Waals surface area (Å²) < 4.78 is 4.90. The first kappa shape index (κ1) is 17.6. The minimum absolute atomic E-state index is 0.00833. The third-order valence-electron chi connectivity index (χ3n) is 7.29. The van der Waals surface area contributed by atoms with Gasteiger partial charge in [-0.3, -0.25) is 4.79 Å². The van der Waals surface area contributed by atoms with Gasteiger partial charge >= 0.3 is 5.97 Å². The third kappa shape index (κ3) is 2.86. The van der Waals surface area contributed by atoms with E-state index in [9.17, 15) is 4.79 Å². The summed E-state index contributed by atoms with van der Waals surface area (Å²) in [5.41, 5.74) is 2.11. The highest BCUT2D eigenvalue weighted by molar-refractivity contribution is 5.71. The zero-order valence-electron chi connectivity index (χ0n) is 15.2. The van der Waals surface area contributed by atoms with Crippen molar-refractivity contribution >= 4 is 5.97 Å². The SMILES string of the molecule is C=C1CCCC2C1(C)CCC(C)C2(C)CCC(C)C(=O)OC. The van der Waals surface area contributed by atoms with E-state index in [0.717, 1.165) is 24.7 Å². The minimum atomic E-state index is -0.0668. The maximum absolute atomic E-state index is 11.7. The summed E-state index contributed by atoms with van der Waals surface area (Å²) in [5.74, 6) is 1.38. The summed E-state index contributed by atoms with van der Waals surface area (Å²) in [7, 11) is 1.49. The van der Waals surface area contributed by atoms with Crippen LogP contribution in [0.5, 0.6) is 0 Å². The molecule has 2 heteroatoms. The Morgan fingerprint density at radius 1 is 1.41 bits per heavy atom. The van der Waals surface area contributed by atoms with E-state index in [1.807, 2.05) is 6.92 Å². The van der Waals surface area contributed by atoms with Crippen molar-refractivity contribution < 1.29 is 9.53 Å². The molecule has 0 aromatic rings. The Bertz CT molecular complexity index is 441. The molecule has 5 unspecified atom stereocenters. The number of esters is 1. The monoisotopic (exact) mass is 306 g/mol. The fourth-order valence-corrected chi connectivity index (χ4v) is 5.24. The Morgan fingerprint density at radius 3 is 2.73 bits per heavy atom. The van der Waals surface area contributed by atoms with Crippen LogP contribution in [-0.2, 0) is 9.53 Å². The molecule has 0 heterocycles. The second-order valence-corrected chi connectivity index (χ2v) is 8.37. The maximum atomic E-state index is 11.7. The van der Waals surface area contributed by atoms with Gasteiger partial charge in [-0.05, 0) is 67.6 Å². The molecule has 0 N–H and O–H groups in total. The van der Waals surface area contributed by atoms with Crippen molar-refractivity contribution in [1.29, 1.82) is 0 Å². The molecule has 2 nitrogen and oxygen atoms in total. The molecule has 2 rings (SSSR count). The van der Waals surface area contributed by atoms with Crippen molar-refractivity contribution in [2.75, 3.05) is 7.11 Å². The van der Waals surface area contributed by atoms with Crippen LogP contribution in [0.4, 0.5) is 0 Å². The van der Waals surface area contributed by atoms with Crippen molar-refractivity contribution in [3.63, 3.8) is 0 Å². The number of hydrogen-bond acceptors (Lipinski definition) is 2. The largest absolute Gasteiger partial charge is 0.469 e. The number of carbonyl (C=O) groups excluding carboxylic acids is 1. The molecular weight excluding hydrogens is 272 g/mol. The van der Waals surface area contributed by atoms with Crippen LogP contribution >= 0.6 is 0 Å². The van der Waals surface area contributed by atoms with Gasteiger partial charge in [0.1, 0.15) is 0 Å². The Kier molecular flexibility index (Phi) is 5.09. The molecule has 2 saturated carbocycles. The van der Waals surface area contributed by atoms with Crippen molar-refractivity contribution in [3.8, 4) is 0 Å². The van der Waals surface area contributed by atoms with Crippen molar-refractivity contribution in [2.45, 2.75) is 72.6 Å². The van der Waals surface area contributed by atoms with Crippen molar-refractivity contribution in [1.82, 2.24) is 0 Å². The summed E-state index contributed by atoms with van der Waals surface area (Å²) in [6.07, 6.45) is 8.45. The average Bonchev–Trinajstić information content (AvgIpc) is 2.50. The van der Waals surface area contributed by atoms with E-state index in [4.69, 9.17) is 4.74 Å². The second-order valence-electron chi connectivity index (χ2n) is 8.37. The van der Waals surface area contributed by atoms with Gasteiger partial charge in [-0.25, -0.2) is 0 Å². The molecule has 0 aromatic carbocycles. The molecule has 5 atom stereocenters. The Balaban J connectivity index is 2.18. The summed E-state index contributed by atoms with van der Waals surface area (Å²) in [6, 6.07) is 0. The highest BCUT2D eigenvalue weighted by atomic mass is 16.5. The van der Waals surface area contributed by atoms with Gasteiger partial charge in [-0.15, -0.1) is 0 Å². The molecule has 0 bridgehead atoms. The molecule has 0 aromatic heterocycles. The standard InChI is InChI=1S/C20H34O2/c1-14(18(21)22-6)10-12-19(4)16(3)11-13-20(5)15(2)8-7-9-17(19)20/h14,16-17H,2,7-13H2,1,3-6H3. The first-order valence-electron chi connectivity index (χ1n) is 9.01. The summed E-state index contributed by atoms with van der Waals surface area (Å²) in [6.45, 7) is 13.8. The molecule has 0 spiro atoms. The molecule has 2 fully saturated rings. The zero-order chi connectivity index (χ0) is 16.5. The van der Waals surface area contributed by atoms with Gasteiger partial charge in [0.15, 0.2) is 0 Å². The first-order valence-corrected chi connectivity index (χ1v) is 9.01. The maximum Gasteiger partial charge on any atom is 0.308 e. The van der Waals surface area contributed by atoms with Crippen LogP contribution < -0.4 is 0 Å². The van der Waals surface area contributed by atoms with Gasteiger partial charge in [0.05, 0.1) is 13.0 Å². The number of carbonyl (C=O) groups is 1. The molecular formula is C20H34O2. The molecule has 22 heavy (non-hydrogen) atoms. The van der Waals surface area contributed by atoms with Gasteiger partial charge in [0.25, 0.3) is 0 Å². The Hall–Kier alpha value is -0.790. The van der Waals surface area contributed by atoms with E-state index in [1.54, 1.807) is 0 Å². The fourth-order valence-electron chi connectivity index (χ4n) is 5.24. The summed E-state index contributed by atoms with van der Waals surface area (Å²) in [4.78, 5) is 11.7. The quantitative estimate of drug-likeness (QED) is 0.515. The zero-order valence-corrected chi connectivity index (χ0v) is 15.2. The smallest absolute Gasteiger partial charge is 0.308 e. The van der Waals surface area contributed by atoms with E-state index in [0.29, 0.717) is 10.8 Å². The predicted molar refractivity (Wildman–Crippen MR) is 91.5 cm³/mol. The van der Waals surface area contributed by atoms with Crippen LogP contribution in [0.25, 0.3) is 0 Å². The van der Waals surface area contributed by atoms with Gasteiger partial charge < -0.3 is 4.74 Å². The number of rotatable bonds is 4. The van der Waals surface area contributed by atoms with Crippen LogP contribution in [-0.4, -0.2) is 13.1 Å². The van der Waals surface area contributed by atoms with E-state index >= 15 is 0 Å². The van der Waals surface area contributed by atoms with E-state index < -0.39 is 0 Å². The van der Waals surface area contributed by atoms with Gasteiger partial charge in [-0.2, -0.15) is 0 Å². The van der Waals surface area contributed by atoms with Crippen LogP contribution in [0, 0.1) is 28.6 Å². The van der Waals surface area contributed by atoms with Gasteiger partial charge in [-0.1, -0.05) is 39.8 Å². The summed E-state index contributed by atoms with van der Waals surface area (Å²) in [5, 5.41) is 0. The third-order valence-corrected chi connectivity index (χ3v) is 7.29. The van der Waals surface area contributed by atoms with E-state index in [-0.39, 0.29) is 11.9 Å². The Morgan fingerprint density at radius 2 is 2.09 bits per heavy atom. The lowest BCUT2D eigenvalue weighted by Gasteiger charge is -2.59. The molecule has 2 aliphatic carbocycles. The normalized spacial score (nSPS) is 40.0. The molecule has 0 amide bonds. The van der Waals surface area contributed by atoms with Crippen molar-refractivity contribution in [3.05, 3.63) is 12.2 Å². The summed E-state index contributed by atoms with van der Waals surface area (Å²) >= 11 is 0. The number of ether oxygens (including phenoxy) is 1. The van der Waals surface area contributed by atoms with Crippen LogP contribution in [0.2, 0.25) is 0 Å². The van der Waals surface area contributed by atoms with E-state index in [1.165, 1.54) is 44.8 Å². The lowest BCUT2D eigenvalue weighted by atomic mass is 9.46. The van der Waals surface area contributed by atoms with Gasteiger partial charge in [0, 0.05) is 0 Å². The number of methoxy groups -OCH3 is 1. The van der Waals surface area contributed by atoms with Crippen LogP contribution in [0.1, 0.15) is 72.6 Å². The first-order chi connectivity index (χ1) is 10.3. The number of fused-ring (bicyclic) bond motifs is 1. The number of hydrogen-bond donors (Lipinski definition) is 0. The van der Waals surface area contributed by atoms with Gasteiger partial charge in [0.2, 0.25) is 0 Å². The van der Waals surface area contributed by atoms with Crippen LogP contribution in [0.15, 0.2) is 12.2 Å². The lowest BCUT2D eigenvalue weighted by Crippen LogP contribution is -2.50. The molecule has 0 aliphatic heterocycles. The van der Waals surface area contributed by atoms with Crippen LogP contribution in [0.3, 0.4) is 0 Å². The molecule has 2 aliphatic rings. The van der Waals surface area contributed by atoms with E-state index in [2.05, 4.69) is 27.4 Å². The highest BCUT2D eigenvalue weighted by Crippen LogP contribution is 2.62. The fraction of sp³-hybridized carbons (Fsp3) is 0.850. The number of allylic oxidation sites excluding steroid dienone is 1. The highest BCUT2D eigenvalue weighted by Gasteiger charge is 2.53. The van der Waals surface area contributed by atoms with Crippen molar-refractivity contribution in [2.24, 2.45) is 28.6 Å². The molecule has 0 radical (unpaired) electrons. The Labute approximate surface area is 136 Å². The molecule has 0 saturated heterocycles. The average molecular weight is 306 g/mol. The minimum Gasteiger partial charge on any atom is -0.469 e. The topological polar surface area (TPSA) is 26.3 Å². The molecule has 126 valence electrons. The second kappa shape index (κ2) is 6.37.